The van der Waals surface area contributed by atoms with Crippen LogP contribution in [0.25, 0.3) is 16.7 Å². The highest BCUT2D eigenvalue weighted by atomic mass is 32.1. The van der Waals surface area contributed by atoms with Crippen molar-refractivity contribution in [3.05, 3.63) is 56.0 Å². The van der Waals surface area contributed by atoms with Crippen molar-refractivity contribution in [3.8, 4) is 5.69 Å². The molecule has 3 aromatic heterocycles. The van der Waals surface area contributed by atoms with E-state index in [0.29, 0.717) is 16.7 Å². The summed E-state index contributed by atoms with van der Waals surface area (Å²) in [6.45, 7) is 0. The van der Waals surface area contributed by atoms with Crippen molar-refractivity contribution in [2.45, 2.75) is 0 Å². The topological polar surface area (TPSA) is 67.8 Å². The minimum absolute atomic E-state index is 0.314. The molecule has 0 aliphatic rings. The van der Waals surface area contributed by atoms with Crippen molar-refractivity contribution < 1.29 is 0 Å². The van der Waals surface area contributed by atoms with Gasteiger partial charge in [-0.1, -0.05) is 0 Å². The van der Waals surface area contributed by atoms with E-state index >= 15 is 0 Å². The van der Waals surface area contributed by atoms with Gasteiger partial charge in [0.25, 0.3) is 5.56 Å². The molecule has 0 saturated carbocycles. The number of fused-ring (bicyclic) bond motifs is 1. The molecule has 0 aromatic carbocycles. The molecule has 0 aliphatic heterocycles. The minimum atomic E-state index is -0.473. The van der Waals surface area contributed by atoms with Gasteiger partial charge >= 0.3 is 5.69 Å². The summed E-state index contributed by atoms with van der Waals surface area (Å²) in [6.07, 6.45) is 1.53. The summed E-state index contributed by atoms with van der Waals surface area (Å²) in [6, 6.07) is 5.03. The molecule has 84 valence electrons. The van der Waals surface area contributed by atoms with Crippen LogP contribution in [0.15, 0.2) is 44.7 Å². The van der Waals surface area contributed by atoms with Crippen LogP contribution >= 0.6 is 11.3 Å². The normalized spacial score (nSPS) is 10.8. The van der Waals surface area contributed by atoms with Crippen LogP contribution in [0.1, 0.15) is 0 Å². The summed E-state index contributed by atoms with van der Waals surface area (Å²) >= 11 is 1.43. The molecule has 0 aliphatic carbocycles. The third-order valence-electron chi connectivity index (χ3n) is 2.43. The quantitative estimate of drug-likeness (QED) is 0.699. The second-order valence-electron chi connectivity index (χ2n) is 3.45. The van der Waals surface area contributed by atoms with E-state index in [0.717, 1.165) is 4.57 Å². The van der Waals surface area contributed by atoms with Gasteiger partial charge < -0.3 is 0 Å². The van der Waals surface area contributed by atoms with Gasteiger partial charge in [0.2, 0.25) is 0 Å². The average Bonchev–Trinajstić information content (AvgIpc) is 2.83. The predicted octanol–water partition coefficient (Wildman–Crippen LogP) is 1.14. The number of hydrogen-bond donors (Lipinski definition) is 1. The van der Waals surface area contributed by atoms with Crippen LogP contribution < -0.4 is 11.2 Å². The van der Waals surface area contributed by atoms with Gasteiger partial charge in [-0.05, 0) is 23.6 Å². The highest BCUT2D eigenvalue weighted by Crippen LogP contribution is 2.09. The van der Waals surface area contributed by atoms with Crippen molar-refractivity contribution in [2.24, 2.45) is 0 Å². The fourth-order valence-electron chi connectivity index (χ4n) is 1.67. The first-order valence-corrected chi connectivity index (χ1v) is 5.84. The Labute approximate surface area is 99.0 Å². The Morgan fingerprint density at radius 1 is 1.29 bits per heavy atom. The predicted molar refractivity (Wildman–Crippen MR) is 65.8 cm³/mol. The van der Waals surface area contributed by atoms with E-state index in [2.05, 4.69) is 9.97 Å². The lowest BCUT2D eigenvalue weighted by atomic mass is 10.3. The van der Waals surface area contributed by atoms with Crippen molar-refractivity contribution in [1.82, 2.24) is 14.5 Å². The van der Waals surface area contributed by atoms with Gasteiger partial charge in [-0.25, -0.2) is 14.3 Å². The van der Waals surface area contributed by atoms with Crippen molar-refractivity contribution in [3.63, 3.8) is 0 Å². The van der Waals surface area contributed by atoms with E-state index in [9.17, 15) is 9.59 Å². The van der Waals surface area contributed by atoms with Gasteiger partial charge in [-0.15, -0.1) is 0 Å². The molecule has 5 nitrogen and oxygen atoms in total. The molecule has 0 spiro atoms. The molecule has 3 heterocycles. The summed E-state index contributed by atoms with van der Waals surface area (Å²) in [7, 11) is 0. The number of thiophene rings is 1. The summed E-state index contributed by atoms with van der Waals surface area (Å²) in [5, 5.41) is 3.96. The largest absolute Gasteiger partial charge is 0.334 e. The molecule has 0 atom stereocenters. The first kappa shape index (κ1) is 9.98. The number of nitrogens with zero attached hydrogens (tertiary/aromatic N) is 2. The van der Waals surface area contributed by atoms with E-state index in [4.69, 9.17) is 0 Å². The fraction of sp³-hybridized carbons (Fsp3) is 0. The van der Waals surface area contributed by atoms with E-state index in [1.165, 1.54) is 17.5 Å². The highest BCUT2D eigenvalue weighted by Gasteiger charge is 2.09. The number of rotatable bonds is 1. The van der Waals surface area contributed by atoms with Gasteiger partial charge in [0.05, 0.1) is 11.1 Å². The maximum Gasteiger partial charge on any atom is 0.334 e. The molecular weight excluding hydrogens is 238 g/mol. The second kappa shape index (κ2) is 3.67. The molecule has 0 amide bonds. The Kier molecular flexibility index (Phi) is 2.15. The number of aromatic nitrogens is 3. The van der Waals surface area contributed by atoms with Crippen LogP contribution in [0.2, 0.25) is 0 Å². The molecule has 0 radical (unpaired) electrons. The van der Waals surface area contributed by atoms with Crippen LogP contribution in [0, 0.1) is 0 Å². The van der Waals surface area contributed by atoms with Crippen LogP contribution in [0.5, 0.6) is 0 Å². The lowest BCUT2D eigenvalue weighted by molar-refractivity contribution is 0.899. The molecular formula is C11H7N3O2S. The zero-order chi connectivity index (χ0) is 11.8. The van der Waals surface area contributed by atoms with Gasteiger partial charge in [0, 0.05) is 11.6 Å². The number of aromatic amines is 1. The maximum absolute atomic E-state index is 12.2. The molecule has 6 heteroatoms. The molecule has 1 N–H and O–H groups in total. The summed E-state index contributed by atoms with van der Waals surface area (Å²) in [5.41, 5.74) is 0.0656. The number of hydrogen-bond acceptors (Lipinski definition) is 4. The SMILES string of the molecule is O=c1[nH]c2ncccc2c(=O)n1-c1ccsc1. The van der Waals surface area contributed by atoms with Crippen LogP contribution in [-0.4, -0.2) is 14.5 Å². The van der Waals surface area contributed by atoms with E-state index in [1.54, 1.807) is 23.6 Å². The van der Waals surface area contributed by atoms with Crippen molar-refractivity contribution in [2.75, 3.05) is 0 Å². The second-order valence-corrected chi connectivity index (χ2v) is 4.23. The van der Waals surface area contributed by atoms with Gasteiger partial charge in [0.1, 0.15) is 5.65 Å². The zero-order valence-corrected chi connectivity index (χ0v) is 9.40. The summed E-state index contributed by atoms with van der Waals surface area (Å²) < 4.78 is 1.11. The third kappa shape index (κ3) is 1.50. The monoisotopic (exact) mass is 245 g/mol. The Hall–Kier alpha value is -2.21. The maximum atomic E-state index is 12.2. The minimum Gasteiger partial charge on any atom is -0.291 e. The Bertz CT molecular complexity index is 786. The first-order valence-electron chi connectivity index (χ1n) is 4.90. The molecule has 3 rings (SSSR count). The standard InChI is InChI=1S/C11H7N3O2S/c15-10-8-2-1-4-12-9(8)13-11(16)14(10)7-3-5-17-6-7/h1-6H,(H,12,13,16). The summed E-state index contributed by atoms with van der Waals surface area (Å²) in [5.74, 6) is 0. The molecule has 0 unspecified atom stereocenters. The van der Waals surface area contributed by atoms with E-state index < -0.39 is 5.69 Å². The first-order chi connectivity index (χ1) is 8.27. The fourth-order valence-corrected chi connectivity index (χ4v) is 2.29. The van der Waals surface area contributed by atoms with E-state index in [-0.39, 0.29) is 5.56 Å². The third-order valence-corrected chi connectivity index (χ3v) is 3.10. The van der Waals surface area contributed by atoms with E-state index in [1.807, 2.05) is 5.38 Å². The smallest absolute Gasteiger partial charge is 0.291 e. The molecule has 0 saturated heterocycles. The van der Waals surface area contributed by atoms with Crippen molar-refractivity contribution >= 4 is 22.4 Å². The molecule has 0 fully saturated rings. The van der Waals surface area contributed by atoms with Crippen LogP contribution in [-0.2, 0) is 0 Å². The average molecular weight is 245 g/mol. The van der Waals surface area contributed by atoms with Crippen LogP contribution in [0.4, 0.5) is 0 Å². The molecule has 0 bridgehead atoms. The number of nitrogens with one attached hydrogen (secondary N) is 1. The van der Waals surface area contributed by atoms with Gasteiger partial charge in [-0.3, -0.25) is 9.78 Å². The van der Waals surface area contributed by atoms with Gasteiger partial charge in [0.15, 0.2) is 0 Å². The number of H-pyrrole nitrogens is 1. The zero-order valence-electron chi connectivity index (χ0n) is 8.58. The van der Waals surface area contributed by atoms with Crippen LogP contribution in [0.3, 0.4) is 0 Å². The molecule has 17 heavy (non-hydrogen) atoms. The number of pyridine rings is 1. The Balaban J connectivity index is 2.49. The Morgan fingerprint density at radius 3 is 2.94 bits per heavy atom. The Morgan fingerprint density at radius 2 is 2.18 bits per heavy atom. The molecule has 3 aromatic rings. The van der Waals surface area contributed by atoms with Gasteiger partial charge in [-0.2, -0.15) is 11.3 Å². The lowest BCUT2D eigenvalue weighted by Crippen LogP contribution is -2.33. The lowest BCUT2D eigenvalue weighted by Gasteiger charge is -2.02. The summed E-state index contributed by atoms with van der Waals surface area (Å²) in [4.78, 5) is 30.5. The highest BCUT2D eigenvalue weighted by molar-refractivity contribution is 7.08. The van der Waals surface area contributed by atoms with Crippen molar-refractivity contribution in [1.29, 1.82) is 0 Å².